The lowest BCUT2D eigenvalue weighted by Crippen LogP contribution is -2.51. The third-order valence-corrected chi connectivity index (χ3v) is 24.0. The van der Waals surface area contributed by atoms with Crippen LogP contribution in [0.15, 0.2) is 11.6 Å². The molecule has 9 atom stereocenters. The average Bonchev–Trinajstić information content (AvgIpc) is 1.70. The zero-order valence-corrected chi connectivity index (χ0v) is 65.3. The number of amides is 3. The molecule has 11 N–H and O–H groups in total. The Morgan fingerprint density at radius 1 is 0.505 bits per heavy atom. The molecule has 4 aliphatic rings. The normalized spacial score (nSPS) is 21.8. The van der Waals surface area contributed by atoms with Gasteiger partial charge in [-0.15, -0.1) is 0 Å². The van der Waals surface area contributed by atoms with E-state index in [1.165, 1.54) is 250 Å². The molecule has 3 fully saturated rings. The Morgan fingerprint density at radius 3 is 1.48 bits per heavy atom. The Hall–Kier alpha value is -2.29. The molecule has 97 heavy (non-hydrogen) atoms. The van der Waals surface area contributed by atoms with Gasteiger partial charge in [-0.2, -0.15) is 0 Å². The number of ether oxygens (including phenoxy) is 1. The number of nitrogens with one attached hydrogen (secondary N) is 5. The van der Waals surface area contributed by atoms with Crippen LogP contribution in [0.3, 0.4) is 0 Å². The fourth-order valence-electron chi connectivity index (χ4n) is 17.8. The first-order valence-corrected chi connectivity index (χ1v) is 42.7. The van der Waals surface area contributed by atoms with Gasteiger partial charge in [0.1, 0.15) is 6.10 Å². The fraction of sp³-hybridized carbons (Fsp3) is 0.940. The van der Waals surface area contributed by atoms with Gasteiger partial charge < -0.3 is 53.4 Å². The number of nitrogens with zero attached hydrogens (tertiary/aromatic N) is 1. The summed E-state index contributed by atoms with van der Waals surface area (Å²) in [6.45, 7) is 25.9. The van der Waals surface area contributed by atoms with Gasteiger partial charge in [0.2, 0.25) is 11.8 Å². The highest BCUT2D eigenvalue weighted by molar-refractivity contribution is 5.87. The highest BCUT2D eigenvalue weighted by atomic mass is 16.6. The van der Waals surface area contributed by atoms with Gasteiger partial charge in [0, 0.05) is 26.1 Å². The van der Waals surface area contributed by atoms with Gasteiger partial charge in [-0.05, 0) is 201 Å². The summed E-state index contributed by atoms with van der Waals surface area (Å²) in [6.07, 6.45) is 66.3. The third-order valence-electron chi connectivity index (χ3n) is 24.0. The van der Waals surface area contributed by atoms with Crippen molar-refractivity contribution < 1.29 is 19.1 Å². The van der Waals surface area contributed by atoms with Gasteiger partial charge in [0.25, 0.3) is 0 Å². The van der Waals surface area contributed by atoms with Crippen molar-refractivity contribution in [3.05, 3.63) is 11.6 Å². The maximum absolute atomic E-state index is 13.5. The van der Waals surface area contributed by atoms with Crippen molar-refractivity contribution in [1.82, 2.24) is 31.5 Å². The van der Waals surface area contributed by atoms with E-state index in [4.69, 9.17) is 21.9 Å². The SMILES string of the molecule is CC(C)CCCC(C)C1CCC2C3CC=C4CC(OC(=O)NCCCCNCCCN)CCC4(C)C3CCC12C.CCCCCCCCCCCCCCCCCCN(CCCCCCCCCCCCCCCCCC)C(=O)CNC(=O)C(CCCNCCCN)NCCCN. The second kappa shape index (κ2) is 58.1. The van der Waals surface area contributed by atoms with E-state index in [0.717, 1.165) is 152 Å². The molecule has 13 heteroatoms. The molecule has 570 valence electrons. The van der Waals surface area contributed by atoms with Gasteiger partial charge in [-0.3, -0.25) is 9.59 Å². The van der Waals surface area contributed by atoms with Crippen molar-refractivity contribution in [3.8, 4) is 0 Å². The lowest BCUT2D eigenvalue weighted by Gasteiger charge is -2.58. The van der Waals surface area contributed by atoms with E-state index >= 15 is 0 Å². The highest BCUT2D eigenvalue weighted by Gasteiger charge is 2.59. The first-order valence-electron chi connectivity index (χ1n) is 42.7. The van der Waals surface area contributed by atoms with Gasteiger partial charge in [0.15, 0.2) is 0 Å². The largest absolute Gasteiger partial charge is 0.446 e. The summed E-state index contributed by atoms with van der Waals surface area (Å²) in [5.41, 5.74) is 19.3. The van der Waals surface area contributed by atoms with Crippen molar-refractivity contribution in [2.75, 3.05) is 78.5 Å². The van der Waals surface area contributed by atoms with Gasteiger partial charge in [-0.1, -0.05) is 272 Å². The van der Waals surface area contributed by atoms with Crippen molar-refractivity contribution in [1.29, 1.82) is 0 Å². The molecular formula is C84H165N9O4. The van der Waals surface area contributed by atoms with Crippen LogP contribution in [0.25, 0.3) is 0 Å². The molecule has 0 spiro atoms. The summed E-state index contributed by atoms with van der Waals surface area (Å²) in [6, 6.07) is -0.310. The second-order valence-corrected chi connectivity index (χ2v) is 32.5. The maximum Gasteiger partial charge on any atom is 0.407 e. The standard InChI is InChI=1S/C49H102N6O2.C35H63N3O2/c1-3-5-7-9-11-13-15-17-19-21-23-25-27-29-31-33-44-55(45-34-32-30-28-26-24-22-20-18-16-14-12-10-8-6-4-2)48(56)46-54-49(57)47(53-43-37-40-51)38-35-41-52-42-36-39-50;1-25(2)10-8-11-26(3)30-14-15-31-29-13-12-27-24-28(16-18-34(27,4)32(29)17-19-35(30,31)5)40-33(39)38-23-7-6-21-37-22-9-20-36/h47,52-53H,3-46,50-51H2,1-2H3,(H,54,57);12,25-26,28-32,37H,6-11,13-24,36H2,1-5H3,(H,38,39). The van der Waals surface area contributed by atoms with Crippen LogP contribution in [0.5, 0.6) is 0 Å². The van der Waals surface area contributed by atoms with Gasteiger partial charge in [-0.25, -0.2) is 4.79 Å². The summed E-state index contributed by atoms with van der Waals surface area (Å²) < 4.78 is 5.93. The first kappa shape index (κ1) is 88.9. The smallest absolute Gasteiger partial charge is 0.407 e. The monoisotopic (exact) mass is 1360 g/mol. The lowest BCUT2D eigenvalue weighted by atomic mass is 9.47. The highest BCUT2D eigenvalue weighted by Crippen LogP contribution is 2.67. The Bertz CT molecular complexity index is 1890. The van der Waals surface area contributed by atoms with E-state index in [0.29, 0.717) is 37.0 Å². The minimum atomic E-state index is -0.310. The molecule has 4 rings (SSSR count). The van der Waals surface area contributed by atoms with E-state index in [1.54, 1.807) is 5.57 Å². The van der Waals surface area contributed by atoms with Crippen LogP contribution >= 0.6 is 0 Å². The molecule has 0 aromatic heterocycles. The number of rotatable bonds is 62. The topological polar surface area (TPSA) is 202 Å². The Balaban J connectivity index is 0.000000533. The maximum atomic E-state index is 13.5. The Labute approximate surface area is 600 Å². The second-order valence-electron chi connectivity index (χ2n) is 32.5. The fourth-order valence-corrected chi connectivity index (χ4v) is 17.8. The number of allylic oxidation sites excluding steroid dienone is 1. The number of carbonyl (C=O) groups is 3. The molecule has 9 unspecified atom stereocenters. The first-order chi connectivity index (χ1) is 47.3. The van der Waals surface area contributed by atoms with Crippen LogP contribution in [-0.4, -0.2) is 113 Å². The molecule has 0 heterocycles. The lowest BCUT2D eigenvalue weighted by molar-refractivity contribution is -0.133. The van der Waals surface area contributed by atoms with E-state index in [9.17, 15) is 14.4 Å². The number of hydrogen-bond acceptors (Lipinski definition) is 10. The molecule has 0 aromatic carbocycles. The van der Waals surface area contributed by atoms with Crippen molar-refractivity contribution in [2.24, 2.45) is 63.5 Å². The van der Waals surface area contributed by atoms with Crippen LogP contribution in [-0.2, 0) is 14.3 Å². The molecule has 3 saturated carbocycles. The van der Waals surface area contributed by atoms with E-state index in [1.807, 2.05) is 4.90 Å². The predicted molar refractivity (Wildman–Crippen MR) is 417 cm³/mol. The van der Waals surface area contributed by atoms with Crippen LogP contribution in [0.1, 0.15) is 370 Å². The molecule has 0 radical (unpaired) electrons. The molecule has 0 aromatic rings. The summed E-state index contributed by atoms with van der Waals surface area (Å²) >= 11 is 0. The zero-order valence-electron chi connectivity index (χ0n) is 65.3. The Morgan fingerprint density at radius 2 is 0.979 bits per heavy atom. The molecule has 13 nitrogen and oxygen atoms in total. The quantitative estimate of drug-likeness (QED) is 0.0214. The number of hydrogen-bond donors (Lipinski definition) is 8. The molecule has 0 aliphatic heterocycles. The molecular weight excluding hydrogens is 1200 g/mol. The minimum Gasteiger partial charge on any atom is -0.446 e. The predicted octanol–water partition coefficient (Wildman–Crippen LogP) is 19.3. The van der Waals surface area contributed by atoms with E-state index in [2.05, 4.69) is 81.1 Å². The van der Waals surface area contributed by atoms with Gasteiger partial charge >= 0.3 is 6.09 Å². The van der Waals surface area contributed by atoms with Crippen molar-refractivity contribution in [2.45, 2.75) is 382 Å². The Kier molecular flexibility index (Phi) is 53.3. The third kappa shape index (κ3) is 39.2. The summed E-state index contributed by atoms with van der Waals surface area (Å²) in [5, 5.41) is 16.2. The molecule has 0 saturated heterocycles. The number of fused-ring (bicyclic) bond motifs is 5. The zero-order chi connectivity index (χ0) is 70.3. The van der Waals surface area contributed by atoms with Crippen molar-refractivity contribution >= 4 is 17.9 Å². The molecule has 4 aliphatic carbocycles. The van der Waals surface area contributed by atoms with Crippen LogP contribution in [0, 0.1) is 46.3 Å². The average molecular weight is 1370 g/mol. The van der Waals surface area contributed by atoms with Crippen molar-refractivity contribution in [3.63, 3.8) is 0 Å². The summed E-state index contributed by atoms with van der Waals surface area (Å²) in [4.78, 5) is 41.3. The summed E-state index contributed by atoms with van der Waals surface area (Å²) in [5.74, 6) is 5.17. The van der Waals surface area contributed by atoms with Crippen LogP contribution in [0.2, 0.25) is 0 Å². The van der Waals surface area contributed by atoms with Gasteiger partial charge in [0.05, 0.1) is 12.6 Å². The van der Waals surface area contributed by atoms with E-state index < -0.39 is 0 Å². The number of alkyl carbamates (subject to hydrolysis) is 1. The number of unbranched alkanes of at least 4 members (excludes halogenated alkanes) is 31. The minimum absolute atomic E-state index is 0.0326. The molecule has 3 amide bonds. The number of carbonyl (C=O) groups excluding carboxylic acids is 3. The van der Waals surface area contributed by atoms with Crippen LogP contribution < -0.4 is 43.8 Å². The number of nitrogens with two attached hydrogens (primary N) is 3. The molecule has 0 bridgehead atoms. The van der Waals surface area contributed by atoms with E-state index in [-0.39, 0.29) is 36.6 Å². The van der Waals surface area contributed by atoms with Crippen LogP contribution in [0.4, 0.5) is 4.79 Å². The summed E-state index contributed by atoms with van der Waals surface area (Å²) in [7, 11) is 0.